The Kier molecular flexibility index (Phi) is 6.29. The van der Waals surface area contributed by atoms with Crippen molar-refractivity contribution in [3.63, 3.8) is 0 Å². The molecule has 1 aromatic carbocycles. The van der Waals surface area contributed by atoms with Gasteiger partial charge in [0, 0.05) is 56.9 Å². The molecule has 2 N–H and O–H groups in total. The van der Waals surface area contributed by atoms with Gasteiger partial charge in [-0.25, -0.2) is 4.68 Å². The fourth-order valence-corrected chi connectivity index (χ4v) is 3.50. The van der Waals surface area contributed by atoms with E-state index in [4.69, 9.17) is 0 Å². The van der Waals surface area contributed by atoms with Crippen LogP contribution >= 0.6 is 0 Å². The van der Waals surface area contributed by atoms with E-state index >= 15 is 0 Å². The van der Waals surface area contributed by atoms with Crippen molar-refractivity contribution in [1.82, 2.24) is 30.3 Å². The van der Waals surface area contributed by atoms with Crippen molar-refractivity contribution >= 4 is 5.91 Å². The van der Waals surface area contributed by atoms with Crippen LogP contribution in [0.25, 0.3) is 16.9 Å². The molecule has 1 saturated heterocycles. The molecule has 0 atom stereocenters. The number of benzene rings is 1. The summed E-state index contributed by atoms with van der Waals surface area (Å²) in [4.78, 5) is 19.5. The zero-order valence-corrected chi connectivity index (χ0v) is 16.4. The van der Waals surface area contributed by atoms with Gasteiger partial charge in [-0.05, 0) is 37.2 Å². The van der Waals surface area contributed by atoms with Crippen LogP contribution in [0.3, 0.4) is 0 Å². The van der Waals surface area contributed by atoms with Gasteiger partial charge in [0.05, 0.1) is 11.3 Å². The number of aromatic nitrogens is 3. The monoisotopic (exact) mass is 390 g/mol. The molecule has 3 aromatic rings. The fourth-order valence-electron chi connectivity index (χ4n) is 3.50. The van der Waals surface area contributed by atoms with Crippen LogP contribution in [0, 0.1) is 0 Å². The van der Waals surface area contributed by atoms with E-state index in [9.17, 15) is 4.79 Å². The van der Waals surface area contributed by atoms with Gasteiger partial charge in [-0.15, -0.1) is 0 Å². The van der Waals surface area contributed by atoms with Gasteiger partial charge in [0.25, 0.3) is 5.91 Å². The van der Waals surface area contributed by atoms with E-state index in [1.165, 1.54) is 0 Å². The molecule has 0 unspecified atom stereocenters. The molecule has 1 aliphatic rings. The molecule has 1 aliphatic heterocycles. The number of amides is 1. The van der Waals surface area contributed by atoms with E-state index in [0.717, 1.165) is 50.4 Å². The molecule has 0 aliphatic carbocycles. The Balaban J connectivity index is 1.47. The average Bonchev–Trinajstić information content (AvgIpc) is 3.24. The zero-order chi connectivity index (χ0) is 19.9. The highest BCUT2D eigenvalue weighted by molar-refractivity contribution is 5.99. The summed E-state index contributed by atoms with van der Waals surface area (Å²) in [5, 5.41) is 11.1. The van der Waals surface area contributed by atoms with Crippen LogP contribution in [-0.4, -0.2) is 64.8 Å². The number of hydrogen-bond donors (Lipinski definition) is 2. The summed E-state index contributed by atoms with van der Waals surface area (Å²) in [6.07, 6.45) is 6.18. The first-order chi connectivity index (χ1) is 14.3. The molecular formula is C22H26N6O. The largest absolute Gasteiger partial charge is 0.352 e. The maximum Gasteiger partial charge on any atom is 0.255 e. The van der Waals surface area contributed by atoms with Gasteiger partial charge in [-0.2, -0.15) is 5.10 Å². The van der Waals surface area contributed by atoms with Crippen molar-refractivity contribution in [3.8, 4) is 16.9 Å². The first-order valence-electron chi connectivity index (χ1n) is 10.1. The molecule has 0 saturated carbocycles. The summed E-state index contributed by atoms with van der Waals surface area (Å²) in [6, 6.07) is 13.6. The maximum atomic E-state index is 12.9. The number of carbonyl (C=O) groups is 1. The predicted molar refractivity (Wildman–Crippen MR) is 113 cm³/mol. The Labute approximate surface area is 170 Å². The number of nitrogens with zero attached hydrogens (tertiary/aromatic N) is 4. The number of para-hydroxylation sites is 1. The van der Waals surface area contributed by atoms with Crippen LogP contribution in [0.4, 0.5) is 0 Å². The minimum absolute atomic E-state index is 0.105. The standard InChI is InChI=1S/C22H26N6O/c29-22(25-10-5-13-27-14-11-23-12-15-27)20-17-28(19-7-2-1-3-8-19)26-21(20)18-6-4-9-24-16-18/h1-4,6-9,16-17,23H,5,10-15H2,(H,25,29). The molecular weight excluding hydrogens is 364 g/mol. The molecule has 2 aromatic heterocycles. The lowest BCUT2D eigenvalue weighted by molar-refractivity contribution is 0.0952. The van der Waals surface area contributed by atoms with Crippen molar-refractivity contribution in [2.75, 3.05) is 39.3 Å². The molecule has 0 radical (unpaired) electrons. The van der Waals surface area contributed by atoms with Gasteiger partial charge >= 0.3 is 0 Å². The SMILES string of the molecule is O=C(NCCCN1CCNCC1)c1cn(-c2ccccc2)nc1-c1cccnc1. The summed E-state index contributed by atoms with van der Waals surface area (Å²) in [5.74, 6) is -0.105. The summed E-state index contributed by atoms with van der Waals surface area (Å²) in [7, 11) is 0. The highest BCUT2D eigenvalue weighted by Crippen LogP contribution is 2.23. The topological polar surface area (TPSA) is 75.1 Å². The van der Waals surface area contributed by atoms with Crippen LogP contribution in [0.1, 0.15) is 16.8 Å². The van der Waals surface area contributed by atoms with E-state index < -0.39 is 0 Å². The third kappa shape index (κ3) is 4.88. The Morgan fingerprint density at radius 1 is 1.10 bits per heavy atom. The first-order valence-corrected chi connectivity index (χ1v) is 10.1. The van der Waals surface area contributed by atoms with Gasteiger partial charge in [-0.3, -0.25) is 9.78 Å². The molecule has 7 nitrogen and oxygen atoms in total. The third-order valence-electron chi connectivity index (χ3n) is 5.06. The second kappa shape index (κ2) is 9.45. The Hall–Kier alpha value is -3.03. The van der Waals surface area contributed by atoms with E-state index in [1.807, 2.05) is 42.5 Å². The van der Waals surface area contributed by atoms with E-state index in [0.29, 0.717) is 17.8 Å². The Morgan fingerprint density at radius 3 is 2.69 bits per heavy atom. The molecule has 0 bridgehead atoms. The van der Waals surface area contributed by atoms with E-state index in [1.54, 1.807) is 23.3 Å². The quantitative estimate of drug-likeness (QED) is 0.603. The van der Waals surface area contributed by atoms with E-state index in [-0.39, 0.29) is 5.91 Å². The molecule has 29 heavy (non-hydrogen) atoms. The van der Waals surface area contributed by atoms with Gasteiger partial charge < -0.3 is 15.5 Å². The van der Waals surface area contributed by atoms with Crippen molar-refractivity contribution in [2.24, 2.45) is 0 Å². The smallest absolute Gasteiger partial charge is 0.255 e. The zero-order valence-electron chi connectivity index (χ0n) is 16.4. The van der Waals surface area contributed by atoms with Crippen molar-refractivity contribution in [2.45, 2.75) is 6.42 Å². The number of hydrogen-bond acceptors (Lipinski definition) is 5. The molecule has 1 amide bonds. The first kappa shape index (κ1) is 19.3. The third-order valence-corrected chi connectivity index (χ3v) is 5.06. The van der Waals surface area contributed by atoms with Gasteiger partial charge in [0.15, 0.2) is 0 Å². The van der Waals surface area contributed by atoms with Crippen LogP contribution < -0.4 is 10.6 Å². The molecule has 0 spiro atoms. The second-order valence-electron chi connectivity index (χ2n) is 7.11. The lowest BCUT2D eigenvalue weighted by atomic mass is 10.1. The summed E-state index contributed by atoms with van der Waals surface area (Å²) < 4.78 is 1.75. The minimum Gasteiger partial charge on any atom is -0.352 e. The predicted octanol–water partition coefficient (Wildman–Crippen LogP) is 1.96. The Bertz CT molecular complexity index is 919. The highest BCUT2D eigenvalue weighted by atomic mass is 16.1. The van der Waals surface area contributed by atoms with Crippen LogP contribution in [0.15, 0.2) is 61.1 Å². The molecule has 4 rings (SSSR count). The van der Waals surface area contributed by atoms with Crippen molar-refractivity contribution in [3.05, 3.63) is 66.6 Å². The Morgan fingerprint density at radius 2 is 1.93 bits per heavy atom. The molecule has 150 valence electrons. The van der Waals surface area contributed by atoms with Crippen molar-refractivity contribution in [1.29, 1.82) is 0 Å². The number of pyridine rings is 1. The van der Waals surface area contributed by atoms with Gasteiger partial charge in [-0.1, -0.05) is 18.2 Å². The summed E-state index contributed by atoms with van der Waals surface area (Å²) in [5.41, 5.74) is 2.94. The van der Waals surface area contributed by atoms with Gasteiger partial charge in [0.2, 0.25) is 0 Å². The highest BCUT2D eigenvalue weighted by Gasteiger charge is 2.18. The summed E-state index contributed by atoms with van der Waals surface area (Å²) >= 11 is 0. The van der Waals surface area contributed by atoms with Crippen LogP contribution in [0.2, 0.25) is 0 Å². The average molecular weight is 390 g/mol. The van der Waals surface area contributed by atoms with Crippen molar-refractivity contribution < 1.29 is 4.79 Å². The number of carbonyl (C=O) groups excluding carboxylic acids is 1. The number of nitrogens with one attached hydrogen (secondary N) is 2. The second-order valence-corrected chi connectivity index (χ2v) is 7.11. The maximum absolute atomic E-state index is 12.9. The lowest BCUT2D eigenvalue weighted by Gasteiger charge is -2.27. The lowest BCUT2D eigenvalue weighted by Crippen LogP contribution is -2.44. The van der Waals surface area contributed by atoms with E-state index in [2.05, 4.69) is 25.6 Å². The summed E-state index contributed by atoms with van der Waals surface area (Å²) in [6.45, 7) is 5.87. The van der Waals surface area contributed by atoms with Crippen LogP contribution in [0.5, 0.6) is 0 Å². The minimum atomic E-state index is -0.105. The molecule has 3 heterocycles. The van der Waals surface area contributed by atoms with Gasteiger partial charge in [0.1, 0.15) is 5.69 Å². The molecule has 1 fully saturated rings. The van der Waals surface area contributed by atoms with Crippen LogP contribution in [-0.2, 0) is 0 Å². The number of rotatable bonds is 7. The number of piperazine rings is 1. The normalized spacial score (nSPS) is 14.6. The molecule has 7 heteroatoms. The fraction of sp³-hybridized carbons (Fsp3) is 0.318.